The van der Waals surface area contributed by atoms with Crippen LogP contribution in [0.2, 0.25) is 0 Å². The van der Waals surface area contributed by atoms with E-state index in [0.717, 1.165) is 20.2 Å². The molecule has 1 aliphatic heterocycles. The van der Waals surface area contributed by atoms with E-state index in [1.807, 2.05) is 24.3 Å². The van der Waals surface area contributed by atoms with Crippen LogP contribution in [0.15, 0.2) is 56.6 Å². The number of halogens is 2. The largest absolute Gasteiger partial charge is 0.350 e. The van der Waals surface area contributed by atoms with Gasteiger partial charge < -0.3 is 5.32 Å². The molecule has 0 aromatic heterocycles. The lowest BCUT2D eigenvalue weighted by Crippen LogP contribution is -2.09. The Balaban J connectivity index is 1.86. The first kappa shape index (κ1) is 13.9. The second-order valence-electron chi connectivity index (χ2n) is 5.24. The van der Waals surface area contributed by atoms with Crippen molar-refractivity contribution in [2.45, 2.75) is 6.42 Å². The van der Waals surface area contributed by atoms with Gasteiger partial charge in [-0.15, -0.1) is 0 Å². The van der Waals surface area contributed by atoms with Crippen molar-refractivity contribution >= 4 is 49.1 Å². The van der Waals surface area contributed by atoms with Crippen molar-refractivity contribution in [3.05, 3.63) is 73.3 Å². The number of ketones is 2. The van der Waals surface area contributed by atoms with E-state index in [2.05, 4.69) is 37.2 Å². The molecule has 0 atom stereocenters. The van der Waals surface area contributed by atoms with Gasteiger partial charge in [-0.2, -0.15) is 0 Å². The summed E-state index contributed by atoms with van der Waals surface area (Å²) in [7, 11) is 0. The number of Topliss-reactive ketones (excluding diaryl/α,β-unsaturated/α-hetero) is 2. The fourth-order valence-corrected chi connectivity index (χ4v) is 3.91. The maximum absolute atomic E-state index is 12.6. The molecule has 3 nitrogen and oxygen atoms in total. The van der Waals surface area contributed by atoms with Gasteiger partial charge in [0, 0.05) is 32.1 Å². The molecule has 22 heavy (non-hydrogen) atoms. The van der Waals surface area contributed by atoms with Crippen LogP contribution in [0.5, 0.6) is 0 Å². The normalized spacial score (nSPS) is 19.2. The topological polar surface area (TPSA) is 46.2 Å². The fraction of sp³-hybridized carbons (Fsp3) is 0.0588. The first-order chi connectivity index (χ1) is 10.6. The fourth-order valence-electron chi connectivity index (χ4n) is 2.94. The number of para-hydroxylation sites is 1. The maximum atomic E-state index is 12.6. The molecule has 0 bridgehead atoms. The van der Waals surface area contributed by atoms with Crippen LogP contribution in [0.4, 0.5) is 5.69 Å². The van der Waals surface area contributed by atoms with Crippen LogP contribution in [0.3, 0.4) is 0 Å². The minimum absolute atomic E-state index is 0.0731. The third-order valence-electron chi connectivity index (χ3n) is 4.03. The number of carbonyl (C=O) groups is 2. The Hall–Kier alpha value is -1.72. The van der Waals surface area contributed by atoms with Gasteiger partial charge in [0.15, 0.2) is 5.78 Å². The third kappa shape index (κ3) is 1.85. The van der Waals surface area contributed by atoms with Gasteiger partial charge in [-0.3, -0.25) is 9.59 Å². The molecule has 0 radical (unpaired) electrons. The third-order valence-corrected chi connectivity index (χ3v) is 5.43. The highest BCUT2D eigenvalue weighted by Crippen LogP contribution is 2.39. The Morgan fingerprint density at radius 2 is 1.55 bits per heavy atom. The summed E-state index contributed by atoms with van der Waals surface area (Å²) in [5.41, 5.74) is 3.88. The number of carbonyl (C=O) groups excluding carboxylic acids is 2. The van der Waals surface area contributed by atoms with Crippen LogP contribution in [-0.4, -0.2) is 11.6 Å². The van der Waals surface area contributed by atoms with Crippen LogP contribution in [-0.2, 0) is 6.42 Å². The minimum atomic E-state index is -0.122. The molecule has 1 aliphatic carbocycles. The van der Waals surface area contributed by atoms with Gasteiger partial charge in [-0.1, -0.05) is 34.1 Å². The Kier molecular flexibility index (Phi) is 3.09. The first-order valence-electron chi connectivity index (χ1n) is 6.73. The standard InChI is InChI=1S/C17H9Br2NO2/c18-12-5-1-3-8-10(12)7-11(16(8)21)15-17(22)9-4-2-6-13(19)14(9)20-15/h1-6,20H,7H2/b15-11-. The maximum Gasteiger partial charge on any atom is 0.211 e. The Labute approximate surface area is 143 Å². The number of hydrogen-bond donors (Lipinski definition) is 1. The molecule has 2 aliphatic rings. The summed E-state index contributed by atoms with van der Waals surface area (Å²) < 4.78 is 1.72. The van der Waals surface area contributed by atoms with E-state index >= 15 is 0 Å². The lowest BCUT2D eigenvalue weighted by atomic mass is 10.1. The van der Waals surface area contributed by atoms with E-state index in [9.17, 15) is 9.59 Å². The SMILES string of the molecule is O=C1/C(=C2\Nc3c(Br)cccc3C2=O)Cc2c(Br)cccc21. The van der Waals surface area contributed by atoms with Crippen molar-refractivity contribution in [3.8, 4) is 0 Å². The molecule has 1 N–H and O–H groups in total. The highest BCUT2D eigenvalue weighted by atomic mass is 79.9. The van der Waals surface area contributed by atoms with Crippen molar-refractivity contribution in [1.82, 2.24) is 0 Å². The molecule has 2 aromatic rings. The predicted molar refractivity (Wildman–Crippen MR) is 91.3 cm³/mol. The number of rotatable bonds is 0. The Morgan fingerprint density at radius 3 is 2.23 bits per heavy atom. The van der Waals surface area contributed by atoms with E-state index in [1.165, 1.54) is 0 Å². The average molecular weight is 419 g/mol. The zero-order valence-corrected chi connectivity index (χ0v) is 14.4. The van der Waals surface area contributed by atoms with Gasteiger partial charge in [0.2, 0.25) is 5.78 Å². The second-order valence-corrected chi connectivity index (χ2v) is 6.95. The smallest absolute Gasteiger partial charge is 0.211 e. The van der Waals surface area contributed by atoms with E-state index in [-0.39, 0.29) is 11.6 Å². The van der Waals surface area contributed by atoms with Crippen LogP contribution < -0.4 is 5.32 Å². The lowest BCUT2D eigenvalue weighted by molar-refractivity contribution is 0.101. The number of benzene rings is 2. The molecule has 0 saturated heterocycles. The number of fused-ring (bicyclic) bond motifs is 2. The van der Waals surface area contributed by atoms with E-state index in [1.54, 1.807) is 12.1 Å². The van der Waals surface area contributed by atoms with Crippen molar-refractivity contribution in [2.24, 2.45) is 0 Å². The van der Waals surface area contributed by atoms with Crippen LogP contribution in [0.25, 0.3) is 0 Å². The van der Waals surface area contributed by atoms with Gasteiger partial charge in [-0.05, 0) is 39.7 Å². The molecule has 0 fully saturated rings. The highest BCUT2D eigenvalue weighted by Gasteiger charge is 2.35. The molecule has 0 unspecified atom stereocenters. The molecule has 1 heterocycles. The zero-order chi connectivity index (χ0) is 15.4. The summed E-state index contributed by atoms with van der Waals surface area (Å²) >= 11 is 6.91. The molecule has 2 aromatic carbocycles. The summed E-state index contributed by atoms with van der Waals surface area (Å²) in [6.45, 7) is 0. The molecule has 0 spiro atoms. The quantitative estimate of drug-likeness (QED) is 0.640. The van der Waals surface area contributed by atoms with Crippen LogP contribution in [0, 0.1) is 0 Å². The minimum Gasteiger partial charge on any atom is -0.350 e. The zero-order valence-electron chi connectivity index (χ0n) is 11.2. The van der Waals surface area contributed by atoms with E-state index in [4.69, 9.17) is 0 Å². The summed E-state index contributed by atoms with van der Waals surface area (Å²) in [5.74, 6) is -0.195. The monoisotopic (exact) mass is 417 g/mol. The van der Waals surface area contributed by atoms with Gasteiger partial charge in [0.25, 0.3) is 0 Å². The van der Waals surface area contributed by atoms with Crippen molar-refractivity contribution in [2.75, 3.05) is 5.32 Å². The van der Waals surface area contributed by atoms with Crippen molar-refractivity contribution < 1.29 is 9.59 Å². The first-order valence-corrected chi connectivity index (χ1v) is 8.32. The van der Waals surface area contributed by atoms with E-state index < -0.39 is 0 Å². The van der Waals surface area contributed by atoms with Gasteiger partial charge in [0.1, 0.15) is 0 Å². The average Bonchev–Trinajstić information content (AvgIpc) is 3.01. The summed E-state index contributed by atoms with van der Waals surface area (Å²) in [6.07, 6.45) is 0.468. The van der Waals surface area contributed by atoms with Gasteiger partial charge in [0.05, 0.1) is 11.4 Å². The Morgan fingerprint density at radius 1 is 0.864 bits per heavy atom. The number of nitrogens with one attached hydrogen (secondary N) is 1. The molecule has 0 saturated carbocycles. The van der Waals surface area contributed by atoms with E-state index in [0.29, 0.717) is 28.8 Å². The van der Waals surface area contributed by atoms with Crippen molar-refractivity contribution in [1.29, 1.82) is 0 Å². The van der Waals surface area contributed by atoms with Gasteiger partial charge >= 0.3 is 0 Å². The van der Waals surface area contributed by atoms with Crippen molar-refractivity contribution in [3.63, 3.8) is 0 Å². The summed E-state index contributed by atoms with van der Waals surface area (Å²) in [6, 6.07) is 11.0. The number of anilines is 1. The molecule has 5 heteroatoms. The second kappa shape index (κ2) is 4.89. The molecular formula is C17H9Br2NO2. The molecular weight excluding hydrogens is 410 g/mol. The molecule has 4 rings (SSSR count). The summed E-state index contributed by atoms with van der Waals surface area (Å²) in [4.78, 5) is 25.2. The predicted octanol–water partition coefficient (Wildman–Crippen LogP) is 4.51. The number of hydrogen-bond acceptors (Lipinski definition) is 3. The summed E-state index contributed by atoms with van der Waals surface area (Å²) in [5, 5.41) is 3.13. The Bertz CT molecular complexity index is 826. The van der Waals surface area contributed by atoms with Crippen LogP contribution >= 0.6 is 31.9 Å². The van der Waals surface area contributed by atoms with Crippen LogP contribution in [0.1, 0.15) is 26.3 Å². The number of allylic oxidation sites excluding steroid dienone is 2. The molecule has 0 amide bonds. The molecule has 108 valence electrons. The highest BCUT2D eigenvalue weighted by molar-refractivity contribution is 9.11. The van der Waals surface area contributed by atoms with Gasteiger partial charge in [-0.25, -0.2) is 0 Å². The lowest BCUT2D eigenvalue weighted by Gasteiger charge is -2.03.